The number of aliphatic carboxylic acids is 1. The summed E-state index contributed by atoms with van der Waals surface area (Å²) < 4.78 is 0. The van der Waals surface area contributed by atoms with Gasteiger partial charge in [0.1, 0.15) is 6.04 Å². The highest BCUT2D eigenvalue weighted by Crippen LogP contribution is 2.16. The van der Waals surface area contributed by atoms with E-state index < -0.39 is 17.9 Å². The average molecular weight is 545 g/mol. The molecule has 40 heavy (non-hydrogen) atoms. The maximum Gasteiger partial charge on any atom is 0.326 e. The van der Waals surface area contributed by atoms with E-state index >= 15 is 0 Å². The Balaban J connectivity index is 1.26. The van der Waals surface area contributed by atoms with Crippen molar-refractivity contribution >= 4 is 52.1 Å². The molecule has 2 amide bonds. The quantitative estimate of drug-likeness (QED) is 0.104. The van der Waals surface area contributed by atoms with Gasteiger partial charge in [-0.25, -0.2) is 14.8 Å². The fourth-order valence-electron chi connectivity index (χ4n) is 3.74. The molecule has 14 heteroatoms. The minimum Gasteiger partial charge on any atom is -0.480 e. The third-order valence-corrected chi connectivity index (χ3v) is 5.85. The van der Waals surface area contributed by atoms with Gasteiger partial charge < -0.3 is 38.3 Å². The summed E-state index contributed by atoms with van der Waals surface area (Å²) >= 11 is 0. The molecular formula is C26H28N10O4. The summed E-state index contributed by atoms with van der Waals surface area (Å²) in [6.07, 6.45) is 2.03. The SMILES string of the molecule is Nc1ccc(C(=O)NCCCC(NC(=O)c2ccc(NCc3cnc4nc(N)nc(N)c4n3)cc2)C(=O)O)cc1. The summed E-state index contributed by atoms with van der Waals surface area (Å²) in [6.45, 7) is 0.562. The Morgan fingerprint density at radius 3 is 2.25 bits per heavy atom. The standard InChI is InChI=1S/C26H28N10O4/c27-16-7-3-14(4-8-16)23(37)30-11-1-2-19(25(39)40)34-24(38)15-5-9-17(10-6-15)31-12-18-13-32-22-20(33-18)21(28)35-26(29)36-22/h3-10,13,19,31H,1-2,11-12,27H2,(H,30,37)(H,34,38)(H,39,40)(H4,28,29,32,35,36). The van der Waals surface area contributed by atoms with Crippen LogP contribution in [0.5, 0.6) is 0 Å². The highest BCUT2D eigenvalue weighted by molar-refractivity contribution is 5.97. The van der Waals surface area contributed by atoms with Gasteiger partial charge >= 0.3 is 5.97 Å². The first-order chi connectivity index (χ1) is 19.2. The minimum absolute atomic E-state index is 0.0166. The molecular weight excluding hydrogens is 516 g/mol. The first-order valence-corrected chi connectivity index (χ1v) is 12.3. The molecule has 0 aliphatic rings. The molecule has 0 fully saturated rings. The van der Waals surface area contributed by atoms with E-state index in [0.717, 1.165) is 0 Å². The number of hydrogen-bond acceptors (Lipinski definition) is 11. The van der Waals surface area contributed by atoms with Crippen molar-refractivity contribution in [3.8, 4) is 0 Å². The largest absolute Gasteiger partial charge is 0.480 e. The zero-order chi connectivity index (χ0) is 28.6. The Hall–Kier alpha value is -5.53. The smallest absolute Gasteiger partial charge is 0.326 e. The highest BCUT2D eigenvalue weighted by atomic mass is 16.4. The zero-order valence-corrected chi connectivity index (χ0v) is 21.3. The van der Waals surface area contributed by atoms with Crippen molar-refractivity contribution in [1.29, 1.82) is 0 Å². The third-order valence-electron chi connectivity index (χ3n) is 5.85. The van der Waals surface area contributed by atoms with Crippen LogP contribution in [-0.2, 0) is 11.3 Å². The number of carboxylic acids is 1. The number of carbonyl (C=O) groups is 3. The van der Waals surface area contributed by atoms with E-state index in [1.54, 1.807) is 54.7 Å². The monoisotopic (exact) mass is 544 g/mol. The number of aromatic nitrogens is 4. The summed E-state index contributed by atoms with van der Waals surface area (Å²) in [5.74, 6) is -1.83. The summed E-state index contributed by atoms with van der Waals surface area (Å²) in [6, 6.07) is 11.9. The predicted octanol–water partition coefficient (Wildman–Crippen LogP) is 1.17. The first-order valence-electron chi connectivity index (χ1n) is 12.3. The molecule has 4 rings (SSSR count). The number of nitrogens with one attached hydrogen (secondary N) is 3. The number of carbonyl (C=O) groups excluding carboxylic acids is 2. The van der Waals surface area contributed by atoms with E-state index in [0.29, 0.717) is 52.3 Å². The van der Waals surface area contributed by atoms with Crippen molar-refractivity contribution in [2.45, 2.75) is 25.4 Å². The van der Waals surface area contributed by atoms with E-state index in [9.17, 15) is 19.5 Å². The van der Waals surface area contributed by atoms with Gasteiger partial charge in [0, 0.05) is 29.0 Å². The van der Waals surface area contributed by atoms with E-state index in [2.05, 4.69) is 35.9 Å². The van der Waals surface area contributed by atoms with Crippen molar-refractivity contribution < 1.29 is 19.5 Å². The second-order valence-electron chi connectivity index (χ2n) is 8.82. The van der Waals surface area contributed by atoms with Crippen LogP contribution in [0, 0.1) is 0 Å². The summed E-state index contributed by atoms with van der Waals surface area (Å²) in [7, 11) is 0. The van der Waals surface area contributed by atoms with Crippen LogP contribution in [0.3, 0.4) is 0 Å². The Bertz CT molecular complexity index is 1530. The van der Waals surface area contributed by atoms with E-state index in [4.69, 9.17) is 17.2 Å². The lowest BCUT2D eigenvalue weighted by Gasteiger charge is -2.15. The predicted molar refractivity (Wildman–Crippen MR) is 149 cm³/mol. The molecule has 14 nitrogen and oxygen atoms in total. The number of hydrogen-bond donors (Lipinski definition) is 7. The van der Waals surface area contributed by atoms with Crippen LogP contribution < -0.4 is 33.2 Å². The van der Waals surface area contributed by atoms with Gasteiger partial charge in [-0.15, -0.1) is 0 Å². The van der Waals surface area contributed by atoms with Crippen LogP contribution in [0.2, 0.25) is 0 Å². The molecule has 2 aromatic carbocycles. The molecule has 0 aliphatic heterocycles. The van der Waals surface area contributed by atoms with Crippen molar-refractivity contribution in [2.75, 3.05) is 29.1 Å². The molecule has 0 spiro atoms. The number of rotatable bonds is 11. The van der Waals surface area contributed by atoms with Crippen molar-refractivity contribution in [1.82, 2.24) is 30.6 Å². The van der Waals surface area contributed by atoms with Gasteiger partial charge in [-0.2, -0.15) is 9.97 Å². The molecule has 0 saturated carbocycles. The second-order valence-corrected chi connectivity index (χ2v) is 8.82. The van der Waals surface area contributed by atoms with Gasteiger partial charge in [0.15, 0.2) is 17.0 Å². The Morgan fingerprint density at radius 2 is 1.55 bits per heavy atom. The molecule has 1 atom stereocenters. The van der Waals surface area contributed by atoms with Crippen LogP contribution in [0.4, 0.5) is 23.1 Å². The molecule has 1 unspecified atom stereocenters. The second kappa shape index (κ2) is 12.3. The average Bonchev–Trinajstić information content (AvgIpc) is 2.94. The number of nitrogens with two attached hydrogens (primary N) is 3. The van der Waals surface area contributed by atoms with E-state index in [1.165, 1.54) is 0 Å². The van der Waals surface area contributed by atoms with Gasteiger partial charge in [0.2, 0.25) is 5.95 Å². The van der Waals surface area contributed by atoms with Gasteiger partial charge in [0.05, 0.1) is 18.4 Å². The van der Waals surface area contributed by atoms with Crippen LogP contribution in [-0.4, -0.2) is 55.4 Å². The fraction of sp³-hybridized carbons (Fsp3) is 0.192. The molecule has 206 valence electrons. The number of carboxylic acid groups (broad SMARTS) is 1. The maximum absolute atomic E-state index is 12.7. The number of nitrogen functional groups attached to an aromatic ring is 3. The summed E-state index contributed by atoms with van der Waals surface area (Å²) in [5, 5.41) is 18.0. The number of benzene rings is 2. The van der Waals surface area contributed by atoms with E-state index in [1.807, 2.05) is 0 Å². The number of amides is 2. The molecule has 10 N–H and O–H groups in total. The van der Waals surface area contributed by atoms with Gasteiger partial charge in [-0.1, -0.05) is 0 Å². The maximum atomic E-state index is 12.7. The van der Waals surface area contributed by atoms with Gasteiger partial charge in [-0.3, -0.25) is 9.59 Å². The molecule has 2 aromatic heterocycles. The van der Waals surface area contributed by atoms with Crippen LogP contribution >= 0.6 is 0 Å². The molecule has 0 radical (unpaired) electrons. The minimum atomic E-state index is -1.17. The van der Waals surface area contributed by atoms with Gasteiger partial charge in [-0.05, 0) is 61.4 Å². The van der Waals surface area contributed by atoms with Gasteiger partial charge in [0.25, 0.3) is 11.8 Å². The number of fused-ring (bicyclic) bond motifs is 1. The summed E-state index contributed by atoms with van der Waals surface area (Å²) in [5.41, 5.74) is 20.3. The summed E-state index contributed by atoms with van der Waals surface area (Å²) in [4.78, 5) is 53.0. The first kappa shape index (κ1) is 27.5. The zero-order valence-electron chi connectivity index (χ0n) is 21.3. The molecule has 4 aromatic rings. The Morgan fingerprint density at radius 1 is 0.875 bits per heavy atom. The van der Waals surface area contributed by atoms with Crippen molar-refractivity contribution in [2.24, 2.45) is 0 Å². The topological polar surface area (TPSA) is 237 Å². The lowest BCUT2D eigenvalue weighted by molar-refractivity contribution is -0.139. The number of nitrogens with zero attached hydrogens (tertiary/aromatic N) is 4. The lowest BCUT2D eigenvalue weighted by Crippen LogP contribution is -2.41. The van der Waals surface area contributed by atoms with Crippen molar-refractivity contribution in [3.05, 3.63) is 71.5 Å². The van der Waals surface area contributed by atoms with E-state index in [-0.39, 0.29) is 30.6 Å². The fourth-order valence-corrected chi connectivity index (χ4v) is 3.74. The Kier molecular flexibility index (Phi) is 8.49. The lowest BCUT2D eigenvalue weighted by atomic mass is 10.1. The van der Waals surface area contributed by atoms with Crippen LogP contribution in [0.25, 0.3) is 11.2 Å². The van der Waals surface area contributed by atoms with Crippen LogP contribution in [0.1, 0.15) is 39.3 Å². The normalized spacial score (nSPS) is 11.5. The third kappa shape index (κ3) is 7.06. The number of anilines is 4. The molecule has 0 saturated heterocycles. The molecule has 2 heterocycles. The molecule has 0 bridgehead atoms. The van der Waals surface area contributed by atoms with Crippen molar-refractivity contribution in [3.63, 3.8) is 0 Å². The highest BCUT2D eigenvalue weighted by Gasteiger charge is 2.20. The molecule has 0 aliphatic carbocycles. The van der Waals surface area contributed by atoms with Crippen LogP contribution in [0.15, 0.2) is 54.7 Å². The Labute approximate surface area is 228 Å².